The minimum atomic E-state index is -1.42. The Kier molecular flexibility index (Phi) is 11.8. The molecule has 0 saturated carbocycles. The molecule has 3 aliphatic rings. The summed E-state index contributed by atoms with van der Waals surface area (Å²) in [6.07, 6.45) is 2.24. The summed E-state index contributed by atoms with van der Waals surface area (Å²) in [6.45, 7) is 14.6. The van der Waals surface area contributed by atoms with Gasteiger partial charge in [0, 0.05) is 70.5 Å². The fourth-order valence-electron chi connectivity index (χ4n) is 7.82. The number of imidazole rings is 1. The molecule has 46 heavy (non-hydrogen) atoms. The van der Waals surface area contributed by atoms with Crippen LogP contribution in [0.15, 0.2) is 12.5 Å². The molecule has 0 radical (unpaired) electrons. The van der Waals surface area contributed by atoms with Gasteiger partial charge in [0.05, 0.1) is 29.8 Å². The first kappa shape index (κ1) is 36.9. The van der Waals surface area contributed by atoms with E-state index in [9.17, 15) is 14.7 Å². The Balaban J connectivity index is 1.59. The Hall–Kier alpha value is -1.93. The molecular formula is C34H59N5O7. The van der Waals surface area contributed by atoms with E-state index in [2.05, 4.69) is 28.8 Å². The predicted octanol–water partition coefficient (Wildman–Crippen LogP) is 2.18. The standard InChI is InChI=1S/C34H59N5O7/c1-21-13-34(6,43-11)30(46-31-28(40)26(36(7)8)12-22(2)45-31)23(3)29(41)33(4,5)32(42)44-19-27(38(10)14-21)24-15-39(16-24)18-25-17-37(9)20-35-25/h17,20-24,26-28,30-31,40H,12-16,18-19H2,1-11H3/t21-,22-,23+,26+,27?,28-,30-,31+,34-/m1/s1. The number of likely N-dealkylation sites (tertiary alicyclic amines) is 1. The van der Waals surface area contributed by atoms with Gasteiger partial charge in [-0.2, -0.15) is 0 Å². The molecule has 0 bridgehead atoms. The number of hydrogen-bond donors (Lipinski definition) is 1. The van der Waals surface area contributed by atoms with Crippen LogP contribution >= 0.6 is 0 Å². The molecule has 12 nitrogen and oxygen atoms in total. The smallest absolute Gasteiger partial charge is 0.319 e. The second kappa shape index (κ2) is 14.7. The number of likely N-dealkylation sites (N-methyl/N-ethyl adjacent to an activating group) is 2. The van der Waals surface area contributed by atoms with Crippen LogP contribution in [-0.2, 0) is 42.1 Å². The third-order valence-electron chi connectivity index (χ3n) is 10.6. The summed E-state index contributed by atoms with van der Waals surface area (Å²) < 4.78 is 27.0. The van der Waals surface area contributed by atoms with E-state index >= 15 is 0 Å². The molecule has 4 heterocycles. The number of esters is 1. The second-order valence-electron chi connectivity index (χ2n) is 15.3. The normalized spacial score (nSPS) is 37.7. The van der Waals surface area contributed by atoms with Gasteiger partial charge < -0.3 is 33.5 Å². The number of carbonyl (C=O) groups excluding carboxylic acids is 2. The van der Waals surface area contributed by atoms with Crippen molar-refractivity contribution in [1.29, 1.82) is 0 Å². The van der Waals surface area contributed by atoms with Crippen LogP contribution in [0, 0.1) is 23.2 Å². The summed E-state index contributed by atoms with van der Waals surface area (Å²) in [7, 11) is 9.54. The number of aliphatic hydroxyl groups excluding tert-OH is 1. The van der Waals surface area contributed by atoms with Crippen molar-refractivity contribution >= 4 is 11.8 Å². The molecule has 1 aromatic rings. The Bertz CT molecular complexity index is 1190. The lowest BCUT2D eigenvalue weighted by atomic mass is 9.74. The Labute approximate surface area is 275 Å². The first-order valence-corrected chi connectivity index (χ1v) is 16.8. The molecule has 4 rings (SSSR count). The van der Waals surface area contributed by atoms with Crippen LogP contribution in [0.5, 0.6) is 0 Å². The Morgan fingerprint density at radius 1 is 1.11 bits per heavy atom. The van der Waals surface area contributed by atoms with Crippen LogP contribution in [0.1, 0.15) is 60.1 Å². The van der Waals surface area contributed by atoms with Gasteiger partial charge in [0.2, 0.25) is 0 Å². The van der Waals surface area contributed by atoms with Crippen molar-refractivity contribution in [3.05, 3.63) is 18.2 Å². The maximum Gasteiger partial charge on any atom is 0.319 e. The highest BCUT2D eigenvalue weighted by molar-refractivity contribution is 6.04. The molecule has 9 atom stereocenters. The van der Waals surface area contributed by atoms with Gasteiger partial charge in [0.1, 0.15) is 18.1 Å². The van der Waals surface area contributed by atoms with Crippen molar-refractivity contribution < 1.29 is 33.6 Å². The van der Waals surface area contributed by atoms with Gasteiger partial charge in [-0.15, -0.1) is 0 Å². The molecule has 3 aliphatic heterocycles. The van der Waals surface area contributed by atoms with Crippen molar-refractivity contribution in [2.24, 2.45) is 30.2 Å². The average Bonchev–Trinajstić information content (AvgIpc) is 3.38. The number of aromatic nitrogens is 2. The van der Waals surface area contributed by atoms with Crippen LogP contribution in [0.2, 0.25) is 0 Å². The van der Waals surface area contributed by atoms with E-state index in [4.69, 9.17) is 18.9 Å². The zero-order valence-electron chi connectivity index (χ0n) is 29.9. The average molecular weight is 650 g/mol. The molecule has 0 amide bonds. The van der Waals surface area contributed by atoms with Crippen molar-refractivity contribution in [3.8, 4) is 0 Å². The van der Waals surface area contributed by atoms with Crippen molar-refractivity contribution in [3.63, 3.8) is 0 Å². The number of hydrogen-bond acceptors (Lipinski definition) is 11. The maximum atomic E-state index is 14.2. The summed E-state index contributed by atoms with van der Waals surface area (Å²) in [6, 6.07) is -0.183. The number of nitrogens with zero attached hydrogens (tertiary/aromatic N) is 5. The quantitative estimate of drug-likeness (QED) is 0.346. The van der Waals surface area contributed by atoms with Gasteiger partial charge >= 0.3 is 5.97 Å². The second-order valence-corrected chi connectivity index (χ2v) is 15.3. The minimum Gasteiger partial charge on any atom is -0.463 e. The number of Topliss-reactive ketones (excluding diaryl/α,β-unsaturated/α-hetero) is 1. The van der Waals surface area contributed by atoms with E-state index in [1.165, 1.54) is 0 Å². The first-order chi connectivity index (χ1) is 21.5. The van der Waals surface area contributed by atoms with Crippen LogP contribution in [0.25, 0.3) is 0 Å². The summed E-state index contributed by atoms with van der Waals surface area (Å²) in [5, 5.41) is 11.3. The topological polar surface area (TPSA) is 119 Å². The van der Waals surface area contributed by atoms with Crippen molar-refractivity contribution in [2.75, 3.05) is 54.5 Å². The monoisotopic (exact) mass is 649 g/mol. The van der Waals surface area contributed by atoms with Crippen LogP contribution in [-0.4, -0.2) is 138 Å². The van der Waals surface area contributed by atoms with Gasteiger partial charge in [-0.25, -0.2) is 4.98 Å². The van der Waals surface area contributed by atoms with Gasteiger partial charge in [0.25, 0.3) is 0 Å². The van der Waals surface area contributed by atoms with Crippen LogP contribution < -0.4 is 0 Å². The number of rotatable bonds is 7. The minimum absolute atomic E-state index is 0.00782. The molecule has 0 spiro atoms. The summed E-state index contributed by atoms with van der Waals surface area (Å²) in [5.74, 6) is -1.15. The van der Waals surface area contributed by atoms with Crippen LogP contribution in [0.3, 0.4) is 0 Å². The van der Waals surface area contributed by atoms with Gasteiger partial charge in [-0.1, -0.05) is 13.8 Å². The maximum absolute atomic E-state index is 14.2. The first-order valence-electron chi connectivity index (χ1n) is 16.8. The fraction of sp³-hybridized carbons (Fsp3) is 0.853. The fourth-order valence-corrected chi connectivity index (χ4v) is 7.82. The van der Waals surface area contributed by atoms with Gasteiger partial charge in [-0.3, -0.25) is 19.4 Å². The van der Waals surface area contributed by atoms with E-state index in [1.54, 1.807) is 27.9 Å². The number of ether oxygens (including phenoxy) is 4. The van der Waals surface area contributed by atoms with E-state index < -0.39 is 41.4 Å². The molecule has 262 valence electrons. The Morgan fingerprint density at radius 3 is 2.37 bits per heavy atom. The number of aliphatic hydroxyl groups is 1. The van der Waals surface area contributed by atoms with Crippen molar-refractivity contribution in [2.45, 2.75) is 103 Å². The van der Waals surface area contributed by atoms with E-state index in [-0.39, 0.29) is 36.5 Å². The molecule has 3 fully saturated rings. The summed E-state index contributed by atoms with van der Waals surface area (Å²) in [5.41, 5.74) is -1.31. The zero-order valence-corrected chi connectivity index (χ0v) is 29.9. The molecule has 3 saturated heterocycles. The molecule has 1 unspecified atom stereocenters. The predicted molar refractivity (Wildman–Crippen MR) is 174 cm³/mol. The van der Waals surface area contributed by atoms with Gasteiger partial charge in [0.15, 0.2) is 12.1 Å². The molecular weight excluding hydrogens is 590 g/mol. The molecule has 0 aliphatic carbocycles. The third-order valence-corrected chi connectivity index (χ3v) is 10.6. The highest BCUT2D eigenvalue weighted by Crippen LogP contribution is 2.38. The van der Waals surface area contributed by atoms with E-state index in [1.807, 2.05) is 57.0 Å². The number of cyclic esters (lactones) is 1. The lowest BCUT2D eigenvalue weighted by Gasteiger charge is -2.47. The number of aryl methyl sites for hydroxylation is 1. The van der Waals surface area contributed by atoms with E-state index in [0.717, 1.165) is 31.9 Å². The third kappa shape index (κ3) is 8.02. The summed E-state index contributed by atoms with van der Waals surface area (Å²) in [4.78, 5) is 39.0. The number of carbonyl (C=O) groups is 2. The summed E-state index contributed by atoms with van der Waals surface area (Å²) >= 11 is 0. The van der Waals surface area contributed by atoms with Gasteiger partial charge in [-0.05, 0) is 67.6 Å². The molecule has 12 heteroatoms. The van der Waals surface area contributed by atoms with Crippen molar-refractivity contribution in [1.82, 2.24) is 24.3 Å². The largest absolute Gasteiger partial charge is 0.463 e. The highest BCUT2D eigenvalue weighted by atomic mass is 16.7. The van der Waals surface area contributed by atoms with Crippen LogP contribution in [0.4, 0.5) is 0 Å². The molecule has 1 N–H and O–H groups in total. The lowest BCUT2D eigenvalue weighted by Crippen LogP contribution is -2.59. The highest BCUT2D eigenvalue weighted by Gasteiger charge is 2.52. The Morgan fingerprint density at radius 2 is 1.78 bits per heavy atom. The zero-order chi connectivity index (χ0) is 34.1. The molecule has 0 aromatic carbocycles. The SMILES string of the molecule is CO[C@]1(C)C[C@@H](C)CN(C)C(C2CN(Cc3cn(C)cn3)C2)COC(=O)C(C)(C)C(=O)[C@H](C)[C@H]1O[C@@H]1O[C@H](C)C[C@H](N(C)C)[C@H]1O. The number of ketones is 1. The lowest BCUT2D eigenvalue weighted by molar-refractivity contribution is -0.295. The number of methoxy groups -OCH3 is 1. The molecule has 1 aromatic heterocycles. The van der Waals surface area contributed by atoms with E-state index in [0.29, 0.717) is 18.8 Å².